The van der Waals surface area contributed by atoms with E-state index in [0.717, 1.165) is 5.56 Å². The van der Waals surface area contributed by atoms with Gasteiger partial charge in [0.1, 0.15) is 4.90 Å². The van der Waals surface area contributed by atoms with E-state index in [2.05, 4.69) is 0 Å². The highest BCUT2D eigenvalue weighted by atomic mass is 35.5. The van der Waals surface area contributed by atoms with Crippen LogP contribution < -0.4 is 4.90 Å². The maximum Gasteiger partial charge on any atom is 0.245 e. The van der Waals surface area contributed by atoms with Crippen molar-refractivity contribution in [2.75, 3.05) is 11.4 Å². The minimum atomic E-state index is -3.91. The van der Waals surface area contributed by atoms with Gasteiger partial charge in [0.15, 0.2) is 0 Å². The van der Waals surface area contributed by atoms with Gasteiger partial charge in [-0.1, -0.05) is 65.7 Å². The summed E-state index contributed by atoms with van der Waals surface area (Å²) in [4.78, 5) is 14.8. The van der Waals surface area contributed by atoms with Crippen LogP contribution in [0, 0.1) is 0 Å². The number of anilines is 1. The van der Waals surface area contributed by atoms with Gasteiger partial charge in [0.2, 0.25) is 15.9 Å². The van der Waals surface area contributed by atoms with Crippen LogP contribution in [0.4, 0.5) is 5.69 Å². The smallest absolute Gasteiger partial charge is 0.245 e. The first kappa shape index (κ1) is 20.9. The number of fused-ring (bicyclic) bond motifs is 1. The van der Waals surface area contributed by atoms with Crippen molar-refractivity contribution in [3.63, 3.8) is 0 Å². The largest absolute Gasteiger partial charge is 0.305 e. The van der Waals surface area contributed by atoms with Crippen molar-refractivity contribution in [3.05, 3.63) is 94.0 Å². The third kappa shape index (κ3) is 4.09. The van der Waals surface area contributed by atoms with Crippen molar-refractivity contribution >= 4 is 44.8 Å². The van der Waals surface area contributed by atoms with Gasteiger partial charge in [-0.25, -0.2) is 8.42 Å². The lowest BCUT2D eigenvalue weighted by molar-refractivity contribution is -0.119. The van der Waals surface area contributed by atoms with E-state index in [9.17, 15) is 13.2 Å². The van der Waals surface area contributed by atoms with E-state index >= 15 is 0 Å². The zero-order chi connectivity index (χ0) is 21.3. The summed E-state index contributed by atoms with van der Waals surface area (Å²) in [5.74, 6) is -0.314. The summed E-state index contributed by atoms with van der Waals surface area (Å²) in [6, 6.07) is 20.7. The molecule has 5 nitrogen and oxygen atoms in total. The fourth-order valence-electron chi connectivity index (χ4n) is 3.40. The van der Waals surface area contributed by atoms with Gasteiger partial charge in [0, 0.05) is 16.6 Å². The van der Waals surface area contributed by atoms with E-state index in [0.29, 0.717) is 21.3 Å². The number of carbonyl (C=O) groups is 1. The number of para-hydroxylation sites is 1. The molecule has 154 valence electrons. The van der Waals surface area contributed by atoms with Gasteiger partial charge in [-0.2, -0.15) is 4.31 Å². The first-order valence-electron chi connectivity index (χ1n) is 9.23. The lowest BCUT2D eigenvalue weighted by atomic mass is 10.2. The summed E-state index contributed by atoms with van der Waals surface area (Å²) in [7, 11) is -3.91. The molecule has 0 fully saturated rings. The molecule has 1 aliphatic rings. The van der Waals surface area contributed by atoms with Crippen molar-refractivity contribution in [1.82, 2.24) is 4.31 Å². The van der Waals surface area contributed by atoms with Gasteiger partial charge in [0.25, 0.3) is 0 Å². The van der Waals surface area contributed by atoms with Gasteiger partial charge in [-0.15, -0.1) is 0 Å². The van der Waals surface area contributed by atoms with Crippen molar-refractivity contribution in [2.24, 2.45) is 0 Å². The molecule has 0 aromatic heterocycles. The molecular weight excluding hydrogens is 443 g/mol. The molecule has 3 aromatic rings. The van der Waals surface area contributed by atoms with Gasteiger partial charge < -0.3 is 4.90 Å². The number of rotatable bonds is 4. The molecule has 3 aromatic carbocycles. The van der Waals surface area contributed by atoms with E-state index in [-0.39, 0.29) is 30.4 Å². The van der Waals surface area contributed by atoms with Crippen LogP contribution >= 0.6 is 23.2 Å². The summed E-state index contributed by atoms with van der Waals surface area (Å²) < 4.78 is 28.0. The highest BCUT2D eigenvalue weighted by molar-refractivity contribution is 7.89. The highest BCUT2D eigenvalue weighted by Gasteiger charge is 2.36. The van der Waals surface area contributed by atoms with E-state index in [1.165, 1.54) is 15.3 Å². The summed E-state index contributed by atoms with van der Waals surface area (Å²) in [5, 5.41) is 1.05. The molecule has 30 heavy (non-hydrogen) atoms. The number of halogens is 2. The lowest BCUT2D eigenvalue weighted by Crippen LogP contribution is -2.38. The average Bonchev–Trinajstić information content (AvgIpc) is 2.80. The van der Waals surface area contributed by atoms with Gasteiger partial charge in [-0.3, -0.25) is 4.79 Å². The Bertz CT molecular complexity index is 1200. The molecule has 0 saturated carbocycles. The van der Waals surface area contributed by atoms with Crippen LogP contribution in [0.1, 0.15) is 11.1 Å². The van der Waals surface area contributed by atoms with E-state index in [1.54, 1.807) is 54.6 Å². The number of benzene rings is 3. The molecule has 0 spiro atoms. The number of hydrogen-bond acceptors (Lipinski definition) is 3. The SMILES string of the molecule is O=C1CN(Cc2ccccc2Cl)S(=O)(=O)c2ccccc2N1Cc1ccc(Cl)cc1. The first-order chi connectivity index (χ1) is 14.4. The van der Waals surface area contributed by atoms with Crippen LogP contribution in [0.15, 0.2) is 77.7 Å². The summed E-state index contributed by atoms with van der Waals surface area (Å²) in [6.07, 6.45) is 0. The van der Waals surface area contributed by atoms with Gasteiger partial charge >= 0.3 is 0 Å². The van der Waals surface area contributed by atoms with Crippen LogP contribution in [0.3, 0.4) is 0 Å². The van der Waals surface area contributed by atoms with E-state index < -0.39 is 10.0 Å². The average molecular weight is 461 g/mol. The quantitative estimate of drug-likeness (QED) is 0.565. The third-order valence-electron chi connectivity index (χ3n) is 4.95. The number of sulfonamides is 1. The van der Waals surface area contributed by atoms with Crippen molar-refractivity contribution in [2.45, 2.75) is 18.0 Å². The second-order valence-electron chi connectivity index (χ2n) is 6.94. The Hall–Kier alpha value is -2.38. The molecule has 0 saturated heterocycles. The normalized spacial score (nSPS) is 16.2. The zero-order valence-corrected chi connectivity index (χ0v) is 18.2. The molecule has 1 amide bonds. The number of amides is 1. The molecule has 1 heterocycles. The molecule has 1 aliphatic heterocycles. The number of nitrogens with zero attached hydrogens (tertiary/aromatic N) is 2. The Balaban J connectivity index is 1.75. The Morgan fingerprint density at radius 1 is 0.833 bits per heavy atom. The zero-order valence-electron chi connectivity index (χ0n) is 15.8. The summed E-state index contributed by atoms with van der Waals surface area (Å²) >= 11 is 12.2. The van der Waals surface area contributed by atoms with Crippen LogP contribution in [0.25, 0.3) is 0 Å². The van der Waals surface area contributed by atoms with Gasteiger partial charge in [-0.05, 0) is 41.5 Å². The highest BCUT2D eigenvalue weighted by Crippen LogP contribution is 2.33. The number of hydrogen-bond donors (Lipinski definition) is 0. The predicted octanol–water partition coefficient (Wildman–Crippen LogP) is 4.73. The van der Waals surface area contributed by atoms with E-state index in [4.69, 9.17) is 23.2 Å². The molecule has 4 rings (SSSR count). The molecule has 0 unspecified atom stereocenters. The van der Waals surface area contributed by atoms with Crippen LogP contribution in [-0.2, 0) is 27.9 Å². The number of carbonyl (C=O) groups excluding carboxylic acids is 1. The molecule has 0 bridgehead atoms. The summed E-state index contributed by atoms with van der Waals surface area (Å²) in [5.41, 5.74) is 1.85. The van der Waals surface area contributed by atoms with E-state index in [1.807, 2.05) is 12.1 Å². The second-order valence-corrected chi connectivity index (χ2v) is 9.69. The minimum Gasteiger partial charge on any atom is -0.305 e. The topological polar surface area (TPSA) is 57.7 Å². The van der Waals surface area contributed by atoms with Crippen LogP contribution in [0.5, 0.6) is 0 Å². The Morgan fingerprint density at radius 2 is 1.50 bits per heavy atom. The monoisotopic (exact) mass is 460 g/mol. The molecule has 0 aliphatic carbocycles. The molecule has 0 atom stereocenters. The Labute approximate surface area is 185 Å². The molecule has 0 N–H and O–H groups in total. The Kier molecular flexibility index (Phi) is 5.84. The lowest BCUT2D eigenvalue weighted by Gasteiger charge is -2.22. The van der Waals surface area contributed by atoms with Crippen molar-refractivity contribution in [3.8, 4) is 0 Å². The van der Waals surface area contributed by atoms with Gasteiger partial charge in [0.05, 0.1) is 18.8 Å². The maximum absolute atomic E-state index is 13.4. The predicted molar refractivity (Wildman–Crippen MR) is 118 cm³/mol. The minimum absolute atomic E-state index is 0.0108. The standard InChI is InChI=1S/C22H18Cl2N2O3S/c23-18-11-9-16(10-12-18)13-26-20-7-3-4-8-21(20)30(28,29)25(15-22(26)27)14-17-5-1-2-6-19(17)24/h1-12H,13-15H2. The van der Waals surface area contributed by atoms with Crippen LogP contribution in [-0.4, -0.2) is 25.2 Å². The van der Waals surface area contributed by atoms with Crippen molar-refractivity contribution < 1.29 is 13.2 Å². The summed E-state index contributed by atoms with van der Waals surface area (Å²) in [6.45, 7) is -0.0326. The molecular formula is C22H18Cl2N2O3S. The fraction of sp³-hybridized carbons (Fsp3) is 0.136. The maximum atomic E-state index is 13.4. The molecule has 8 heteroatoms. The molecule has 0 radical (unpaired) electrons. The fourth-order valence-corrected chi connectivity index (χ4v) is 5.28. The Morgan fingerprint density at radius 3 is 2.23 bits per heavy atom. The first-order valence-corrected chi connectivity index (χ1v) is 11.4. The third-order valence-corrected chi connectivity index (χ3v) is 7.40. The van der Waals surface area contributed by atoms with Crippen molar-refractivity contribution in [1.29, 1.82) is 0 Å². The van der Waals surface area contributed by atoms with Crippen LogP contribution in [0.2, 0.25) is 10.0 Å². The second kappa shape index (κ2) is 8.40.